The summed E-state index contributed by atoms with van der Waals surface area (Å²) in [5.41, 5.74) is 3.93. The van der Waals surface area contributed by atoms with E-state index in [0.29, 0.717) is 6.54 Å². The molecule has 0 unspecified atom stereocenters. The standard InChI is InChI=1S/C12H14N2O2/c1-16-11-4-5-12(15)10(8-11)9-13-14-6-2-3-7-14/h2-8,13,15H,9H2,1H3. The number of aromatic hydroxyl groups is 1. The Labute approximate surface area is 94.1 Å². The van der Waals surface area contributed by atoms with Crippen molar-refractivity contribution in [3.63, 3.8) is 0 Å². The third-order valence-corrected chi connectivity index (χ3v) is 2.34. The van der Waals surface area contributed by atoms with Crippen molar-refractivity contribution in [3.8, 4) is 11.5 Å². The van der Waals surface area contributed by atoms with Gasteiger partial charge in [-0.05, 0) is 30.3 Å². The first kappa shape index (κ1) is 10.4. The number of methoxy groups -OCH3 is 1. The van der Waals surface area contributed by atoms with Crippen LogP contribution in [0.15, 0.2) is 42.7 Å². The van der Waals surface area contributed by atoms with Gasteiger partial charge in [0.1, 0.15) is 11.5 Å². The lowest BCUT2D eigenvalue weighted by atomic mass is 10.2. The van der Waals surface area contributed by atoms with Crippen molar-refractivity contribution in [1.29, 1.82) is 0 Å². The molecular weight excluding hydrogens is 204 g/mol. The minimum atomic E-state index is 0.264. The summed E-state index contributed by atoms with van der Waals surface area (Å²) in [6.45, 7) is 0.539. The van der Waals surface area contributed by atoms with Gasteiger partial charge in [-0.2, -0.15) is 0 Å². The summed E-state index contributed by atoms with van der Waals surface area (Å²) >= 11 is 0. The Morgan fingerprint density at radius 2 is 2.06 bits per heavy atom. The van der Waals surface area contributed by atoms with Crippen molar-refractivity contribution in [3.05, 3.63) is 48.3 Å². The quantitative estimate of drug-likeness (QED) is 0.824. The number of benzene rings is 1. The highest BCUT2D eigenvalue weighted by molar-refractivity contribution is 5.39. The van der Waals surface area contributed by atoms with E-state index in [-0.39, 0.29) is 5.75 Å². The van der Waals surface area contributed by atoms with E-state index in [9.17, 15) is 5.11 Å². The van der Waals surface area contributed by atoms with E-state index in [0.717, 1.165) is 11.3 Å². The van der Waals surface area contributed by atoms with E-state index in [1.54, 1.807) is 19.2 Å². The Bertz CT molecular complexity index is 452. The van der Waals surface area contributed by atoms with Crippen LogP contribution < -0.4 is 10.2 Å². The van der Waals surface area contributed by atoms with Crippen LogP contribution in [0.25, 0.3) is 0 Å². The first-order valence-corrected chi connectivity index (χ1v) is 5.02. The molecule has 0 spiro atoms. The number of ether oxygens (including phenoxy) is 1. The molecule has 0 bridgehead atoms. The average Bonchev–Trinajstić information content (AvgIpc) is 2.81. The molecule has 0 aliphatic rings. The molecule has 0 aliphatic heterocycles. The molecule has 2 N–H and O–H groups in total. The van der Waals surface area contributed by atoms with Crippen molar-refractivity contribution >= 4 is 0 Å². The van der Waals surface area contributed by atoms with E-state index in [4.69, 9.17) is 4.74 Å². The van der Waals surface area contributed by atoms with E-state index in [1.165, 1.54) is 0 Å². The minimum absolute atomic E-state index is 0.264. The lowest BCUT2D eigenvalue weighted by molar-refractivity contribution is 0.411. The lowest BCUT2D eigenvalue weighted by Gasteiger charge is -2.10. The van der Waals surface area contributed by atoms with Gasteiger partial charge in [0.05, 0.1) is 13.7 Å². The fraction of sp³-hybridized carbons (Fsp3) is 0.167. The highest BCUT2D eigenvalue weighted by Gasteiger charge is 2.02. The number of hydrogen-bond acceptors (Lipinski definition) is 3. The maximum Gasteiger partial charge on any atom is 0.120 e. The molecule has 0 aliphatic carbocycles. The molecule has 1 heterocycles. The molecule has 2 aromatic rings. The van der Waals surface area contributed by atoms with Gasteiger partial charge in [0.2, 0.25) is 0 Å². The predicted molar refractivity (Wildman–Crippen MR) is 62.2 cm³/mol. The first-order chi connectivity index (χ1) is 7.79. The van der Waals surface area contributed by atoms with Gasteiger partial charge in [0.15, 0.2) is 0 Å². The second-order valence-corrected chi connectivity index (χ2v) is 3.42. The average molecular weight is 218 g/mol. The predicted octanol–water partition coefficient (Wildman–Crippen LogP) is 1.95. The maximum absolute atomic E-state index is 9.65. The molecule has 0 saturated carbocycles. The third-order valence-electron chi connectivity index (χ3n) is 2.34. The number of phenols is 1. The van der Waals surface area contributed by atoms with E-state index in [1.807, 2.05) is 35.3 Å². The van der Waals surface area contributed by atoms with Crippen LogP contribution in [0.4, 0.5) is 0 Å². The molecular formula is C12H14N2O2. The van der Waals surface area contributed by atoms with Crippen LogP contribution in [0.5, 0.6) is 11.5 Å². The molecule has 0 atom stereocenters. The van der Waals surface area contributed by atoms with Crippen LogP contribution in [-0.2, 0) is 6.54 Å². The molecule has 0 radical (unpaired) electrons. The molecule has 16 heavy (non-hydrogen) atoms. The van der Waals surface area contributed by atoms with E-state index in [2.05, 4.69) is 5.43 Å². The van der Waals surface area contributed by atoms with E-state index < -0.39 is 0 Å². The summed E-state index contributed by atoms with van der Waals surface area (Å²) in [5.74, 6) is 1.00. The highest BCUT2D eigenvalue weighted by Crippen LogP contribution is 2.22. The number of nitrogens with zero attached hydrogens (tertiary/aromatic N) is 1. The molecule has 2 rings (SSSR count). The van der Waals surface area contributed by atoms with Crippen LogP contribution in [0.3, 0.4) is 0 Å². The van der Waals surface area contributed by atoms with Gasteiger partial charge >= 0.3 is 0 Å². The number of hydrogen-bond donors (Lipinski definition) is 2. The number of nitrogens with one attached hydrogen (secondary N) is 1. The topological polar surface area (TPSA) is 46.4 Å². The zero-order valence-corrected chi connectivity index (χ0v) is 9.05. The Morgan fingerprint density at radius 1 is 1.31 bits per heavy atom. The Morgan fingerprint density at radius 3 is 2.75 bits per heavy atom. The van der Waals surface area contributed by atoms with Crippen LogP contribution >= 0.6 is 0 Å². The van der Waals surface area contributed by atoms with Gasteiger partial charge in [-0.25, -0.2) is 0 Å². The Balaban J connectivity index is 2.08. The number of rotatable bonds is 4. The molecule has 0 amide bonds. The summed E-state index contributed by atoms with van der Waals surface area (Å²) in [5, 5.41) is 9.65. The second-order valence-electron chi connectivity index (χ2n) is 3.42. The zero-order chi connectivity index (χ0) is 11.4. The summed E-state index contributed by atoms with van der Waals surface area (Å²) in [6.07, 6.45) is 3.80. The normalized spacial score (nSPS) is 10.1. The molecule has 1 aromatic carbocycles. The summed E-state index contributed by atoms with van der Waals surface area (Å²) in [7, 11) is 1.61. The van der Waals surface area contributed by atoms with Gasteiger partial charge in [-0.3, -0.25) is 4.68 Å². The first-order valence-electron chi connectivity index (χ1n) is 5.02. The molecule has 1 aromatic heterocycles. The Kier molecular flexibility index (Phi) is 3.00. The van der Waals surface area contributed by atoms with Crippen molar-refractivity contribution in [2.75, 3.05) is 12.5 Å². The third kappa shape index (κ3) is 2.28. The van der Waals surface area contributed by atoms with Gasteiger partial charge in [-0.15, -0.1) is 0 Å². The summed E-state index contributed by atoms with van der Waals surface area (Å²) < 4.78 is 6.93. The van der Waals surface area contributed by atoms with Crippen molar-refractivity contribution in [1.82, 2.24) is 4.68 Å². The summed E-state index contributed by atoms with van der Waals surface area (Å²) in [6, 6.07) is 9.03. The smallest absolute Gasteiger partial charge is 0.120 e. The monoisotopic (exact) mass is 218 g/mol. The van der Waals surface area contributed by atoms with Crippen LogP contribution in [0.1, 0.15) is 5.56 Å². The minimum Gasteiger partial charge on any atom is -0.508 e. The van der Waals surface area contributed by atoms with Crippen LogP contribution in [0.2, 0.25) is 0 Å². The molecule has 0 saturated heterocycles. The molecule has 4 heteroatoms. The second kappa shape index (κ2) is 4.61. The fourth-order valence-corrected chi connectivity index (χ4v) is 1.45. The highest BCUT2D eigenvalue weighted by atomic mass is 16.5. The van der Waals surface area contributed by atoms with E-state index >= 15 is 0 Å². The number of aromatic nitrogens is 1. The van der Waals surface area contributed by atoms with Gasteiger partial charge in [0.25, 0.3) is 0 Å². The number of phenolic OH excluding ortho intramolecular Hbond substituents is 1. The lowest BCUT2D eigenvalue weighted by Crippen LogP contribution is -2.11. The van der Waals surface area contributed by atoms with Gasteiger partial charge in [0, 0.05) is 18.0 Å². The van der Waals surface area contributed by atoms with Gasteiger partial charge < -0.3 is 15.3 Å². The molecule has 4 nitrogen and oxygen atoms in total. The SMILES string of the molecule is COc1ccc(O)c(CNn2cccc2)c1. The largest absolute Gasteiger partial charge is 0.508 e. The van der Waals surface area contributed by atoms with Gasteiger partial charge in [-0.1, -0.05) is 0 Å². The van der Waals surface area contributed by atoms with Crippen molar-refractivity contribution in [2.24, 2.45) is 0 Å². The molecule has 0 fully saturated rings. The maximum atomic E-state index is 9.65. The van der Waals surface area contributed by atoms with Crippen LogP contribution in [0, 0.1) is 0 Å². The Hall–Kier alpha value is -2.10. The van der Waals surface area contributed by atoms with Crippen LogP contribution in [-0.4, -0.2) is 16.9 Å². The zero-order valence-electron chi connectivity index (χ0n) is 9.05. The van der Waals surface area contributed by atoms with Crippen molar-refractivity contribution < 1.29 is 9.84 Å². The van der Waals surface area contributed by atoms with Crippen molar-refractivity contribution in [2.45, 2.75) is 6.54 Å². The summed E-state index contributed by atoms with van der Waals surface area (Å²) in [4.78, 5) is 0. The fourth-order valence-electron chi connectivity index (χ4n) is 1.45. The molecule has 84 valence electrons.